The summed E-state index contributed by atoms with van der Waals surface area (Å²) in [4.78, 5) is 30.7. The van der Waals surface area contributed by atoms with E-state index in [0.717, 1.165) is 5.56 Å². The van der Waals surface area contributed by atoms with Crippen molar-refractivity contribution >= 4 is 23.1 Å². The Morgan fingerprint density at radius 2 is 1.36 bits per heavy atom. The second-order valence-corrected chi connectivity index (χ2v) is 7.61. The molecule has 0 bridgehead atoms. The summed E-state index contributed by atoms with van der Waals surface area (Å²) < 4.78 is 10.7. The van der Waals surface area contributed by atoms with Gasteiger partial charge in [0.25, 0.3) is 11.8 Å². The minimum Gasteiger partial charge on any atom is -0.497 e. The molecule has 1 aliphatic heterocycles. The zero-order valence-corrected chi connectivity index (χ0v) is 18.9. The molecule has 1 aliphatic rings. The first-order valence-electron chi connectivity index (χ1n) is 10.8. The van der Waals surface area contributed by atoms with Gasteiger partial charge < -0.3 is 14.4 Å². The number of hydrogen-bond donors (Lipinski definition) is 0. The van der Waals surface area contributed by atoms with Gasteiger partial charge in [-0.05, 0) is 18.1 Å². The zero-order valence-electron chi connectivity index (χ0n) is 18.9. The van der Waals surface area contributed by atoms with Gasteiger partial charge in [-0.25, -0.2) is 4.90 Å². The van der Waals surface area contributed by atoms with Crippen LogP contribution in [0.1, 0.15) is 18.1 Å². The molecule has 0 unspecified atom stereocenters. The molecule has 3 aromatic carbocycles. The average molecular weight is 443 g/mol. The fraction of sp³-hybridized carbons (Fsp3) is 0.185. The summed E-state index contributed by atoms with van der Waals surface area (Å²) in [6.45, 7) is 3.06. The predicted octanol–water partition coefficient (Wildman–Crippen LogP) is 4.51. The van der Waals surface area contributed by atoms with E-state index >= 15 is 0 Å². The molecule has 2 amide bonds. The van der Waals surface area contributed by atoms with Gasteiger partial charge in [0.2, 0.25) is 0 Å². The van der Waals surface area contributed by atoms with Crippen LogP contribution < -0.4 is 14.4 Å². The van der Waals surface area contributed by atoms with Gasteiger partial charge in [0.05, 0.1) is 25.5 Å². The summed E-state index contributed by atoms with van der Waals surface area (Å²) in [6, 6.07) is 24.3. The Morgan fingerprint density at radius 3 is 1.91 bits per heavy atom. The molecule has 1 heterocycles. The number of rotatable bonds is 8. The van der Waals surface area contributed by atoms with E-state index in [1.807, 2.05) is 72.5 Å². The highest BCUT2D eigenvalue weighted by molar-refractivity contribution is 6.45. The van der Waals surface area contributed by atoms with Crippen molar-refractivity contribution in [3.8, 4) is 11.5 Å². The topological polar surface area (TPSA) is 59.1 Å². The molecule has 0 spiro atoms. The SMILES string of the molecule is CCN(Cc1ccccc1)C1=C(c2ccccc2)C(=O)N(c2cc(OC)cc(OC)c2)C1=O. The number of nitrogens with zero attached hydrogens (tertiary/aromatic N) is 2. The fourth-order valence-electron chi connectivity index (χ4n) is 3.99. The third-order valence-electron chi connectivity index (χ3n) is 5.63. The fourth-order valence-corrected chi connectivity index (χ4v) is 3.99. The maximum Gasteiger partial charge on any atom is 0.282 e. The highest BCUT2D eigenvalue weighted by atomic mass is 16.5. The van der Waals surface area contributed by atoms with Crippen LogP contribution in [0.2, 0.25) is 0 Å². The molecule has 0 fully saturated rings. The number of anilines is 1. The van der Waals surface area contributed by atoms with Gasteiger partial charge in [-0.15, -0.1) is 0 Å². The third kappa shape index (κ3) is 4.32. The molecule has 0 saturated carbocycles. The largest absolute Gasteiger partial charge is 0.497 e. The minimum atomic E-state index is -0.372. The van der Waals surface area contributed by atoms with Crippen molar-refractivity contribution in [3.05, 3.63) is 95.7 Å². The lowest BCUT2D eigenvalue weighted by Crippen LogP contribution is -2.35. The molecule has 0 aliphatic carbocycles. The summed E-state index contributed by atoms with van der Waals surface area (Å²) in [6.07, 6.45) is 0. The molecule has 0 saturated heterocycles. The van der Waals surface area contributed by atoms with Crippen LogP contribution in [0, 0.1) is 0 Å². The quantitative estimate of drug-likeness (QED) is 0.481. The second-order valence-electron chi connectivity index (χ2n) is 7.61. The van der Waals surface area contributed by atoms with E-state index in [1.54, 1.807) is 18.2 Å². The van der Waals surface area contributed by atoms with E-state index in [4.69, 9.17) is 9.47 Å². The molecular weight excluding hydrogens is 416 g/mol. The van der Waals surface area contributed by atoms with Crippen LogP contribution in [0.4, 0.5) is 5.69 Å². The molecule has 0 atom stereocenters. The van der Waals surface area contributed by atoms with Crippen molar-refractivity contribution in [3.63, 3.8) is 0 Å². The Bertz CT molecular complexity index is 1170. The lowest BCUT2D eigenvalue weighted by molar-refractivity contribution is -0.120. The summed E-state index contributed by atoms with van der Waals surface area (Å²) in [7, 11) is 3.06. The van der Waals surface area contributed by atoms with Gasteiger partial charge in [0.15, 0.2) is 0 Å². The van der Waals surface area contributed by atoms with Gasteiger partial charge in [0.1, 0.15) is 17.2 Å². The molecule has 33 heavy (non-hydrogen) atoms. The normalized spacial score (nSPS) is 13.5. The summed E-state index contributed by atoms with van der Waals surface area (Å²) in [5.74, 6) is 0.252. The highest BCUT2D eigenvalue weighted by Gasteiger charge is 2.42. The third-order valence-corrected chi connectivity index (χ3v) is 5.63. The summed E-state index contributed by atoms with van der Waals surface area (Å²) >= 11 is 0. The van der Waals surface area contributed by atoms with E-state index in [2.05, 4.69) is 0 Å². The molecule has 4 rings (SSSR count). The Balaban J connectivity index is 1.83. The van der Waals surface area contributed by atoms with Crippen LogP contribution in [0.5, 0.6) is 11.5 Å². The molecule has 6 heteroatoms. The van der Waals surface area contributed by atoms with Crippen LogP contribution in [0.15, 0.2) is 84.6 Å². The second kappa shape index (κ2) is 9.61. The highest BCUT2D eigenvalue weighted by Crippen LogP contribution is 2.38. The number of likely N-dealkylation sites (N-methyl/N-ethyl adjacent to an activating group) is 1. The van der Waals surface area contributed by atoms with Crippen molar-refractivity contribution in [2.45, 2.75) is 13.5 Å². The lowest BCUT2D eigenvalue weighted by Gasteiger charge is -2.25. The Labute approximate surface area is 193 Å². The first-order chi connectivity index (χ1) is 16.1. The van der Waals surface area contributed by atoms with Crippen LogP contribution in [0.25, 0.3) is 5.57 Å². The number of carbonyl (C=O) groups is 2. The maximum absolute atomic E-state index is 13.8. The van der Waals surface area contributed by atoms with Crippen molar-refractivity contribution < 1.29 is 19.1 Å². The van der Waals surface area contributed by atoms with Crippen molar-refractivity contribution in [1.82, 2.24) is 4.90 Å². The van der Waals surface area contributed by atoms with Crippen LogP contribution in [-0.4, -0.2) is 37.5 Å². The molecule has 6 nitrogen and oxygen atoms in total. The summed E-state index contributed by atoms with van der Waals surface area (Å²) in [5, 5.41) is 0. The Kier molecular flexibility index (Phi) is 6.45. The van der Waals surface area contributed by atoms with Gasteiger partial charge in [-0.3, -0.25) is 9.59 Å². The number of carbonyl (C=O) groups excluding carboxylic acids is 2. The zero-order chi connectivity index (χ0) is 23.4. The number of amides is 2. The van der Waals surface area contributed by atoms with E-state index in [-0.39, 0.29) is 11.8 Å². The molecule has 3 aromatic rings. The number of imide groups is 1. The average Bonchev–Trinajstić information content (AvgIpc) is 3.12. The number of hydrogen-bond acceptors (Lipinski definition) is 5. The standard InChI is InChI=1S/C27H26N2O4/c1-4-28(18-19-11-7-5-8-12-19)25-24(20-13-9-6-10-14-20)26(30)29(27(25)31)21-15-22(32-2)17-23(16-21)33-3/h5-17H,4,18H2,1-3H3. The first kappa shape index (κ1) is 22.1. The van der Waals surface area contributed by atoms with E-state index in [1.165, 1.54) is 19.1 Å². The molecular formula is C27H26N2O4. The van der Waals surface area contributed by atoms with Gasteiger partial charge in [0, 0.05) is 31.3 Å². The molecule has 0 N–H and O–H groups in total. The van der Waals surface area contributed by atoms with Crippen molar-refractivity contribution in [1.29, 1.82) is 0 Å². The Morgan fingerprint density at radius 1 is 0.788 bits per heavy atom. The lowest BCUT2D eigenvalue weighted by atomic mass is 10.0. The molecule has 168 valence electrons. The summed E-state index contributed by atoms with van der Waals surface area (Å²) in [5.41, 5.74) is 2.94. The smallest absolute Gasteiger partial charge is 0.282 e. The van der Waals surface area contributed by atoms with Crippen molar-refractivity contribution in [2.24, 2.45) is 0 Å². The van der Waals surface area contributed by atoms with Gasteiger partial charge in [-0.1, -0.05) is 60.7 Å². The molecule has 0 aromatic heterocycles. The Hall–Kier alpha value is -4.06. The van der Waals surface area contributed by atoms with Crippen LogP contribution in [0.3, 0.4) is 0 Å². The maximum atomic E-state index is 13.8. The van der Waals surface area contributed by atoms with E-state index in [0.29, 0.717) is 47.1 Å². The van der Waals surface area contributed by atoms with Crippen LogP contribution >= 0.6 is 0 Å². The van der Waals surface area contributed by atoms with E-state index in [9.17, 15) is 9.59 Å². The van der Waals surface area contributed by atoms with Crippen molar-refractivity contribution in [2.75, 3.05) is 25.7 Å². The first-order valence-corrected chi connectivity index (χ1v) is 10.8. The van der Waals surface area contributed by atoms with E-state index < -0.39 is 0 Å². The molecule has 0 radical (unpaired) electrons. The number of benzene rings is 3. The predicted molar refractivity (Wildman–Crippen MR) is 128 cm³/mol. The van der Waals surface area contributed by atoms with Gasteiger partial charge in [-0.2, -0.15) is 0 Å². The monoisotopic (exact) mass is 442 g/mol. The number of methoxy groups -OCH3 is 2. The minimum absolute atomic E-state index is 0.369. The number of ether oxygens (including phenoxy) is 2. The van der Waals surface area contributed by atoms with Crippen LogP contribution in [-0.2, 0) is 16.1 Å². The van der Waals surface area contributed by atoms with Gasteiger partial charge >= 0.3 is 0 Å².